The van der Waals surface area contributed by atoms with Gasteiger partial charge in [-0.3, -0.25) is 0 Å². The van der Waals surface area contributed by atoms with Crippen molar-refractivity contribution in [3.05, 3.63) is 188 Å². The molecule has 1 aliphatic rings. The molecule has 8 aromatic carbocycles. The van der Waals surface area contributed by atoms with Crippen molar-refractivity contribution in [1.82, 2.24) is 9.13 Å². The average molecular weight is 650 g/mol. The van der Waals surface area contributed by atoms with Crippen LogP contribution in [0.5, 0.6) is 0 Å². The van der Waals surface area contributed by atoms with E-state index in [0.29, 0.717) is 0 Å². The number of hydrogen-bond donors (Lipinski definition) is 0. The van der Waals surface area contributed by atoms with Crippen molar-refractivity contribution in [2.45, 2.75) is 0 Å². The SMILES string of the molecule is c1ccc(-c2cc(-c3ccccc3)cc(N3c4ccccc4-n4c5cc6c(cc5c5cccc3c54)c3ccccc3n6-c3ccccc3)c2)cc1. The summed E-state index contributed by atoms with van der Waals surface area (Å²) in [6, 6.07) is 68.5. The number of rotatable bonds is 4. The first-order valence-electron chi connectivity index (χ1n) is 17.5. The molecule has 0 aliphatic carbocycles. The first-order valence-corrected chi connectivity index (χ1v) is 17.5. The lowest BCUT2D eigenvalue weighted by Crippen LogP contribution is -2.18. The van der Waals surface area contributed by atoms with Gasteiger partial charge in [-0.15, -0.1) is 0 Å². The van der Waals surface area contributed by atoms with Gasteiger partial charge in [0.25, 0.3) is 0 Å². The molecule has 0 spiro atoms. The van der Waals surface area contributed by atoms with Crippen LogP contribution in [0, 0.1) is 0 Å². The molecule has 0 saturated heterocycles. The zero-order valence-electron chi connectivity index (χ0n) is 27.7. The fourth-order valence-electron chi connectivity index (χ4n) is 8.38. The van der Waals surface area contributed by atoms with Gasteiger partial charge in [-0.05, 0) is 89.0 Å². The Morgan fingerprint density at radius 3 is 1.55 bits per heavy atom. The predicted octanol–water partition coefficient (Wildman–Crippen LogP) is 13.0. The van der Waals surface area contributed by atoms with Crippen molar-refractivity contribution in [2.24, 2.45) is 0 Å². The van der Waals surface area contributed by atoms with Crippen LogP contribution >= 0.6 is 0 Å². The van der Waals surface area contributed by atoms with Crippen LogP contribution in [0.4, 0.5) is 17.1 Å². The first kappa shape index (κ1) is 28.0. The Morgan fingerprint density at radius 2 is 0.824 bits per heavy atom. The highest BCUT2D eigenvalue weighted by Gasteiger charge is 2.29. The fourth-order valence-corrected chi connectivity index (χ4v) is 8.38. The van der Waals surface area contributed by atoms with Crippen molar-refractivity contribution in [1.29, 1.82) is 0 Å². The molecule has 0 N–H and O–H groups in total. The molecule has 3 heterocycles. The summed E-state index contributed by atoms with van der Waals surface area (Å²) in [5, 5.41) is 5.04. The third-order valence-corrected chi connectivity index (χ3v) is 10.6. The van der Waals surface area contributed by atoms with Crippen LogP contribution in [0.2, 0.25) is 0 Å². The molecule has 1 aliphatic heterocycles. The van der Waals surface area contributed by atoms with E-state index in [0.717, 1.165) is 17.1 Å². The summed E-state index contributed by atoms with van der Waals surface area (Å²) in [6.45, 7) is 0. The van der Waals surface area contributed by atoms with E-state index in [1.165, 1.54) is 77.2 Å². The Bertz CT molecular complexity index is 2900. The van der Waals surface area contributed by atoms with E-state index in [-0.39, 0.29) is 0 Å². The van der Waals surface area contributed by atoms with E-state index in [2.05, 4.69) is 202 Å². The van der Waals surface area contributed by atoms with E-state index in [9.17, 15) is 0 Å². The smallest absolute Gasteiger partial charge is 0.0783 e. The number of benzene rings is 8. The minimum atomic E-state index is 1.14. The predicted molar refractivity (Wildman–Crippen MR) is 214 cm³/mol. The van der Waals surface area contributed by atoms with Gasteiger partial charge in [0.05, 0.1) is 39.1 Å². The van der Waals surface area contributed by atoms with Crippen LogP contribution in [0.15, 0.2) is 188 Å². The number of nitrogens with zero attached hydrogens (tertiary/aromatic N) is 3. The maximum absolute atomic E-state index is 2.50. The van der Waals surface area contributed by atoms with Crippen molar-refractivity contribution >= 4 is 60.7 Å². The summed E-state index contributed by atoms with van der Waals surface area (Å²) in [5.41, 5.74) is 15.4. The minimum Gasteiger partial charge on any atom is -0.309 e. The zero-order valence-corrected chi connectivity index (χ0v) is 27.7. The molecule has 0 amide bonds. The molecule has 0 atom stereocenters. The molecule has 0 unspecified atom stereocenters. The van der Waals surface area contributed by atoms with Crippen molar-refractivity contribution in [3.63, 3.8) is 0 Å². The molecule has 3 heteroatoms. The molecule has 10 aromatic rings. The van der Waals surface area contributed by atoms with Gasteiger partial charge >= 0.3 is 0 Å². The molecular weight excluding hydrogens is 619 g/mol. The summed E-state index contributed by atoms with van der Waals surface area (Å²) in [6.07, 6.45) is 0. The van der Waals surface area contributed by atoms with Gasteiger partial charge < -0.3 is 14.0 Å². The lowest BCUT2D eigenvalue weighted by Gasteiger charge is -2.33. The summed E-state index contributed by atoms with van der Waals surface area (Å²) >= 11 is 0. The monoisotopic (exact) mass is 649 g/mol. The molecule has 0 bridgehead atoms. The maximum atomic E-state index is 2.50. The lowest BCUT2D eigenvalue weighted by atomic mass is 9.97. The molecule has 51 heavy (non-hydrogen) atoms. The molecule has 11 rings (SSSR count). The fraction of sp³-hybridized carbons (Fsp3) is 0. The van der Waals surface area contributed by atoms with Gasteiger partial charge in [-0.2, -0.15) is 0 Å². The Hall–Kier alpha value is -6.84. The van der Waals surface area contributed by atoms with E-state index in [4.69, 9.17) is 0 Å². The van der Waals surface area contributed by atoms with E-state index in [1.54, 1.807) is 0 Å². The van der Waals surface area contributed by atoms with Crippen molar-refractivity contribution < 1.29 is 0 Å². The second kappa shape index (κ2) is 10.8. The van der Waals surface area contributed by atoms with Gasteiger partial charge in [0.15, 0.2) is 0 Å². The highest BCUT2D eigenvalue weighted by Crippen LogP contribution is 2.51. The van der Waals surface area contributed by atoms with Crippen LogP contribution in [-0.4, -0.2) is 9.13 Å². The molecule has 0 radical (unpaired) electrons. The summed E-state index contributed by atoms with van der Waals surface area (Å²) < 4.78 is 4.91. The number of aromatic nitrogens is 2. The molecule has 3 nitrogen and oxygen atoms in total. The summed E-state index contributed by atoms with van der Waals surface area (Å²) in [4.78, 5) is 2.47. The van der Waals surface area contributed by atoms with Gasteiger partial charge in [0, 0.05) is 32.9 Å². The zero-order chi connectivity index (χ0) is 33.5. The molecule has 0 fully saturated rings. The Labute approximate surface area is 295 Å². The van der Waals surface area contributed by atoms with Crippen LogP contribution < -0.4 is 4.90 Å². The second-order valence-electron chi connectivity index (χ2n) is 13.4. The molecule has 0 saturated carbocycles. The van der Waals surface area contributed by atoms with Crippen LogP contribution in [0.1, 0.15) is 0 Å². The summed E-state index contributed by atoms with van der Waals surface area (Å²) in [7, 11) is 0. The van der Waals surface area contributed by atoms with Crippen LogP contribution in [-0.2, 0) is 0 Å². The third-order valence-electron chi connectivity index (χ3n) is 10.6. The molecule has 238 valence electrons. The maximum Gasteiger partial charge on any atom is 0.0783 e. The van der Waals surface area contributed by atoms with Crippen molar-refractivity contribution in [3.8, 4) is 33.6 Å². The number of fused-ring (bicyclic) bond motifs is 8. The normalized spacial score (nSPS) is 12.3. The standard InChI is InChI=1S/C48H31N3/c1-4-15-32(16-5-1)34-27-35(33-17-6-2-7-18-33)29-37(28-34)50-43-24-12-13-25-44(43)51-47-31-46-40(30-41(47)39-22-14-26-45(50)48(39)51)38-21-10-11-23-42(38)49(46)36-19-8-3-9-20-36/h1-31H. The number of anilines is 3. The third kappa shape index (κ3) is 4.12. The quantitative estimate of drug-likeness (QED) is 0.185. The van der Waals surface area contributed by atoms with E-state index < -0.39 is 0 Å². The van der Waals surface area contributed by atoms with Gasteiger partial charge in [0.2, 0.25) is 0 Å². The van der Waals surface area contributed by atoms with E-state index >= 15 is 0 Å². The van der Waals surface area contributed by atoms with Crippen LogP contribution in [0.3, 0.4) is 0 Å². The highest BCUT2D eigenvalue weighted by molar-refractivity contribution is 6.22. The molecular formula is C48H31N3. The summed E-state index contributed by atoms with van der Waals surface area (Å²) in [5.74, 6) is 0. The average Bonchev–Trinajstić information content (AvgIpc) is 3.71. The Morgan fingerprint density at radius 1 is 0.275 bits per heavy atom. The Kier molecular flexibility index (Phi) is 5.96. The number of para-hydroxylation sites is 5. The largest absolute Gasteiger partial charge is 0.309 e. The minimum absolute atomic E-state index is 1.14. The Balaban J connectivity index is 1.23. The van der Waals surface area contributed by atoms with Crippen molar-refractivity contribution in [2.75, 3.05) is 4.90 Å². The number of hydrogen-bond acceptors (Lipinski definition) is 1. The van der Waals surface area contributed by atoms with E-state index in [1.807, 2.05) is 0 Å². The highest BCUT2D eigenvalue weighted by atomic mass is 15.2. The van der Waals surface area contributed by atoms with Gasteiger partial charge in [-0.1, -0.05) is 121 Å². The van der Waals surface area contributed by atoms with Crippen LogP contribution in [0.25, 0.3) is 77.2 Å². The second-order valence-corrected chi connectivity index (χ2v) is 13.4. The first-order chi connectivity index (χ1) is 25.3. The topological polar surface area (TPSA) is 13.1 Å². The van der Waals surface area contributed by atoms with Gasteiger partial charge in [0.1, 0.15) is 0 Å². The lowest BCUT2D eigenvalue weighted by molar-refractivity contribution is 1.11. The van der Waals surface area contributed by atoms with Gasteiger partial charge in [-0.25, -0.2) is 0 Å². The molecule has 2 aromatic heterocycles.